The molecule has 34 heavy (non-hydrogen) atoms. The second kappa shape index (κ2) is 10.5. The molecule has 0 unspecified atom stereocenters. The number of aryl methyl sites for hydroxylation is 1. The van der Waals surface area contributed by atoms with E-state index in [2.05, 4.69) is 0 Å². The van der Waals surface area contributed by atoms with Gasteiger partial charge in [0.25, 0.3) is 0 Å². The third-order valence-electron chi connectivity index (χ3n) is 6.55. The highest BCUT2D eigenvalue weighted by molar-refractivity contribution is 5.65. The quantitative estimate of drug-likeness (QED) is 0.325. The van der Waals surface area contributed by atoms with Gasteiger partial charge in [-0.15, -0.1) is 0 Å². The van der Waals surface area contributed by atoms with E-state index in [9.17, 15) is 17.6 Å². The molecule has 0 aliphatic heterocycles. The first-order chi connectivity index (χ1) is 16.4. The van der Waals surface area contributed by atoms with Crippen LogP contribution in [0.2, 0.25) is 0 Å². The predicted octanol–water partition coefficient (Wildman–Crippen LogP) is 7.97. The molecule has 0 radical (unpaired) electrons. The summed E-state index contributed by atoms with van der Waals surface area (Å²) in [5.74, 6) is -3.89. The Kier molecular flexibility index (Phi) is 7.44. The van der Waals surface area contributed by atoms with Crippen LogP contribution in [-0.2, 0) is 0 Å². The Bertz CT molecular complexity index is 1140. The number of benzene rings is 3. The number of halogens is 4. The van der Waals surface area contributed by atoms with E-state index in [0.29, 0.717) is 24.0 Å². The van der Waals surface area contributed by atoms with E-state index < -0.39 is 23.3 Å². The summed E-state index contributed by atoms with van der Waals surface area (Å²) >= 11 is 0. The van der Waals surface area contributed by atoms with Crippen molar-refractivity contribution in [2.75, 3.05) is 13.2 Å². The molecule has 0 amide bonds. The summed E-state index contributed by atoms with van der Waals surface area (Å²) < 4.78 is 68.8. The van der Waals surface area contributed by atoms with E-state index in [1.165, 1.54) is 18.2 Å². The highest BCUT2D eigenvalue weighted by atomic mass is 19.2. The standard InChI is InChI=1S/C28H28F4O2/c1-3-33-23-14-12-22(25(29)27(23)31)20-10-6-18(7-11-20)16-34-24-15-13-21(26(30)28(24)32)19-8-4-17(2)5-9-19/h4-5,8-9,12-15,18,20H,3,6-7,10-11,16H2,1-2H3. The molecule has 4 rings (SSSR count). The third-order valence-corrected chi connectivity index (χ3v) is 6.55. The van der Waals surface area contributed by atoms with Crippen LogP contribution in [0.25, 0.3) is 11.1 Å². The molecule has 3 aromatic rings. The predicted molar refractivity (Wildman–Crippen MR) is 124 cm³/mol. The van der Waals surface area contributed by atoms with Gasteiger partial charge in [-0.3, -0.25) is 0 Å². The van der Waals surface area contributed by atoms with E-state index in [-0.39, 0.29) is 42.1 Å². The normalized spacial score (nSPS) is 18.1. The van der Waals surface area contributed by atoms with Crippen molar-refractivity contribution in [3.05, 3.63) is 82.9 Å². The summed E-state index contributed by atoms with van der Waals surface area (Å²) in [5, 5.41) is 0. The van der Waals surface area contributed by atoms with Crippen molar-refractivity contribution in [3.8, 4) is 22.6 Å². The van der Waals surface area contributed by atoms with Crippen LogP contribution < -0.4 is 9.47 Å². The minimum atomic E-state index is -1.00. The molecule has 0 atom stereocenters. The van der Waals surface area contributed by atoms with Crippen molar-refractivity contribution in [2.45, 2.75) is 45.4 Å². The molecule has 1 aliphatic carbocycles. The van der Waals surface area contributed by atoms with E-state index in [4.69, 9.17) is 9.47 Å². The Morgan fingerprint density at radius 3 is 2.00 bits per heavy atom. The number of ether oxygens (including phenoxy) is 2. The first kappa shape index (κ1) is 24.1. The van der Waals surface area contributed by atoms with E-state index >= 15 is 0 Å². The maximum absolute atomic E-state index is 14.7. The fraction of sp³-hybridized carbons (Fsp3) is 0.357. The Morgan fingerprint density at radius 2 is 1.32 bits per heavy atom. The Morgan fingerprint density at radius 1 is 0.706 bits per heavy atom. The van der Waals surface area contributed by atoms with Crippen molar-refractivity contribution in [1.29, 1.82) is 0 Å². The minimum Gasteiger partial charge on any atom is -0.491 e. The highest BCUT2D eigenvalue weighted by Crippen LogP contribution is 2.39. The van der Waals surface area contributed by atoms with Gasteiger partial charge in [0.15, 0.2) is 23.1 Å². The van der Waals surface area contributed by atoms with Crippen LogP contribution in [0.4, 0.5) is 17.6 Å². The Hall–Kier alpha value is -3.02. The van der Waals surface area contributed by atoms with E-state index in [0.717, 1.165) is 18.4 Å². The SMILES string of the molecule is CCOc1ccc(C2CCC(COc3ccc(-c4ccc(C)cc4)c(F)c3F)CC2)c(F)c1F. The second-order valence-corrected chi connectivity index (χ2v) is 8.85. The Labute approximate surface area is 197 Å². The van der Waals surface area contributed by atoms with Crippen molar-refractivity contribution in [1.82, 2.24) is 0 Å². The van der Waals surface area contributed by atoms with Gasteiger partial charge in [-0.1, -0.05) is 35.9 Å². The van der Waals surface area contributed by atoms with Crippen molar-refractivity contribution in [3.63, 3.8) is 0 Å². The molecule has 3 aromatic carbocycles. The maximum atomic E-state index is 14.7. The third kappa shape index (κ3) is 5.06. The molecule has 1 aliphatic rings. The van der Waals surface area contributed by atoms with Crippen LogP contribution in [0.3, 0.4) is 0 Å². The van der Waals surface area contributed by atoms with Gasteiger partial charge in [0.1, 0.15) is 0 Å². The van der Waals surface area contributed by atoms with Gasteiger partial charge in [0, 0.05) is 5.56 Å². The molecule has 0 N–H and O–H groups in total. The van der Waals surface area contributed by atoms with Crippen LogP contribution in [0.15, 0.2) is 48.5 Å². The number of rotatable bonds is 7. The smallest absolute Gasteiger partial charge is 0.201 e. The minimum absolute atomic E-state index is 0.0755. The summed E-state index contributed by atoms with van der Waals surface area (Å²) in [4.78, 5) is 0. The molecule has 0 aromatic heterocycles. The Balaban J connectivity index is 1.36. The molecule has 180 valence electrons. The van der Waals surface area contributed by atoms with Crippen LogP contribution in [0, 0.1) is 36.1 Å². The van der Waals surface area contributed by atoms with E-state index in [1.54, 1.807) is 25.1 Å². The molecule has 6 heteroatoms. The molecule has 0 spiro atoms. The monoisotopic (exact) mass is 472 g/mol. The molecule has 0 bridgehead atoms. The average Bonchev–Trinajstić information content (AvgIpc) is 2.84. The first-order valence-electron chi connectivity index (χ1n) is 11.7. The first-order valence-corrected chi connectivity index (χ1v) is 11.7. The topological polar surface area (TPSA) is 18.5 Å². The zero-order valence-corrected chi connectivity index (χ0v) is 19.3. The lowest BCUT2D eigenvalue weighted by molar-refractivity contribution is 0.191. The summed E-state index contributed by atoms with van der Waals surface area (Å²) in [5.41, 5.74) is 2.19. The summed E-state index contributed by atoms with van der Waals surface area (Å²) in [6.07, 6.45) is 2.79. The maximum Gasteiger partial charge on any atom is 0.201 e. The molecule has 1 saturated carbocycles. The summed E-state index contributed by atoms with van der Waals surface area (Å²) in [7, 11) is 0. The molecule has 0 saturated heterocycles. The van der Waals surface area contributed by atoms with Crippen molar-refractivity contribution >= 4 is 0 Å². The number of hydrogen-bond acceptors (Lipinski definition) is 2. The fourth-order valence-corrected chi connectivity index (χ4v) is 4.58. The molecular formula is C28H28F4O2. The number of hydrogen-bond donors (Lipinski definition) is 0. The summed E-state index contributed by atoms with van der Waals surface area (Å²) in [6, 6.07) is 13.3. The fourth-order valence-electron chi connectivity index (χ4n) is 4.58. The average molecular weight is 473 g/mol. The largest absolute Gasteiger partial charge is 0.491 e. The van der Waals surface area contributed by atoms with Gasteiger partial charge in [0.2, 0.25) is 11.6 Å². The van der Waals surface area contributed by atoms with Crippen LogP contribution in [0.5, 0.6) is 11.5 Å². The second-order valence-electron chi connectivity index (χ2n) is 8.85. The van der Waals surface area contributed by atoms with Gasteiger partial charge in [-0.2, -0.15) is 8.78 Å². The lowest BCUT2D eigenvalue weighted by Crippen LogP contribution is -2.20. The zero-order chi connectivity index (χ0) is 24.2. The van der Waals surface area contributed by atoms with Crippen molar-refractivity contribution < 1.29 is 27.0 Å². The van der Waals surface area contributed by atoms with Crippen LogP contribution in [0.1, 0.15) is 49.7 Å². The van der Waals surface area contributed by atoms with Gasteiger partial charge in [-0.25, -0.2) is 8.78 Å². The van der Waals surface area contributed by atoms with Crippen molar-refractivity contribution in [2.24, 2.45) is 5.92 Å². The summed E-state index contributed by atoms with van der Waals surface area (Å²) in [6.45, 7) is 4.15. The molecule has 2 nitrogen and oxygen atoms in total. The molecule has 1 fully saturated rings. The van der Waals surface area contributed by atoms with Gasteiger partial charge in [-0.05, 0) is 80.7 Å². The highest BCUT2D eigenvalue weighted by Gasteiger charge is 2.27. The zero-order valence-electron chi connectivity index (χ0n) is 19.3. The van der Waals surface area contributed by atoms with Gasteiger partial charge in [0.05, 0.1) is 13.2 Å². The van der Waals surface area contributed by atoms with Crippen LogP contribution in [-0.4, -0.2) is 13.2 Å². The van der Waals surface area contributed by atoms with Gasteiger partial charge < -0.3 is 9.47 Å². The van der Waals surface area contributed by atoms with Crippen LogP contribution >= 0.6 is 0 Å². The lowest BCUT2D eigenvalue weighted by Gasteiger charge is -2.29. The lowest BCUT2D eigenvalue weighted by atomic mass is 9.79. The van der Waals surface area contributed by atoms with Gasteiger partial charge >= 0.3 is 0 Å². The molecular weight excluding hydrogens is 444 g/mol. The molecule has 0 heterocycles. The van der Waals surface area contributed by atoms with E-state index in [1.807, 2.05) is 19.1 Å².